The molecule has 0 aliphatic carbocycles. The second-order valence-electron chi connectivity index (χ2n) is 4.50. The lowest BCUT2D eigenvalue weighted by Gasteiger charge is -2.04. The second kappa shape index (κ2) is 5.20. The molecule has 21 heavy (non-hydrogen) atoms. The number of nitrogens with one attached hydrogen (secondary N) is 1. The zero-order valence-corrected chi connectivity index (χ0v) is 11.2. The van der Waals surface area contributed by atoms with E-state index in [1.54, 1.807) is 25.2 Å². The molecule has 0 aliphatic rings. The fourth-order valence-corrected chi connectivity index (χ4v) is 1.97. The van der Waals surface area contributed by atoms with Crippen molar-refractivity contribution >= 4 is 17.0 Å². The van der Waals surface area contributed by atoms with Gasteiger partial charge >= 0.3 is 5.76 Å². The van der Waals surface area contributed by atoms with Gasteiger partial charge in [-0.25, -0.2) is 9.78 Å². The molecule has 7 heteroatoms. The highest BCUT2D eigenvalue weighted by molar-refractivity contribution is 5.91. The summed E-state index contributed by atoms with van der Waals surface area (Å²) in [6.07, 6.45) is 4.37. The van der Waals surface area contributed by atoms with E-state index in [4.69, 9.17) is 4.42 Å². The third kappa shape index (κ3) is 2.53. The molecule has 7 nitrogen and oxygen atoms in total. The van der Waals surface area contributed by atoms with Crippen LogP contribution < -0.4 is 11.1 Å². The maximum Gasteiger partial charge on any atom is 0.419 e. The first-order valence-corrected chi connectivity index (χ1v) is 6.28. The van der Waals surface area contributed by atoms with Crippen LogP contribution in [-0.4, -0.2) is 20.4 Å². The van der Waals surface area contributed by atoms with Gasteiger partial charge in [0.25, 0.3) is 5.91 Å². The second-order valence-corrected chi connectivity index (χ2v) is 4.50. The Morgan fingerprint density at radius 3 is 3.00 bits per heavy atom. The summed E-state index contributed by atoms with van der Waals surface area (Å²) >= 11 is 0. The normalized spacial score (nSPS) is 10.7. The van der Waals surface area contributed by atoms with Crippen LogP contribution in [0.3, 0.4) is 0 Å². The Labute approximate surface area is 119 Å². The molecule has 0 atom stereocenters. The maximum absolute atomic E-state index is 11.9. The summed E-state index contributed by atoms with van der Waals surface area (Å²) in [6.45, 7) is 0.324. The third-order valence-corrected chi connectivity index (χ3v) is 3.10. The molecule has 1 amide bonds. The molecule has 3 rings (SSSR count). The van der Waals surface area contributed by atoms with Gasteiger partial charge in [0.15, 0.2) is 5.58 Å². The fourth-order valence-electron chi connectivity index (χ4n) is 1.97. The molecule has 0 unspecified atom stereocenters. The van der Waals surface area contributed by atoms with Crippen molar-refractivity contribution in [3.63, 3.8) is 0 Å². The lowest BCUT2D eigenvalue weighted by Crippen LogP contribution is -2.23. The molecule has 1 N–H and O–H groups in total. The van der Waals surface area contributed by atoms with Crippen LogP contribution in [0.5, 0.6) is 0 Å². The van der Waals surface area contributed by atoms with Crippen molar-refractivity contribution in [3.05, 3.63) is 58.6 Å². The van der Waals surface area contributed by atoms with Gasteiger partial charge in [0.2, 0.25) is 0 Å². The molecule has 2 aromatic heterocycles. The van der Waals surface area contributed by atoms with Gasteiger partial charge in [-0.15, -0.1) is 0 Å². The van der Waals surface area contributed by atoms with E-state index in [-0.39, 0.29) is 11.6 Å². The van der Waals surface area contributed by atoms with Crippen molar-refractivity contribution in [1.82, 2.24) is 19.9 Å². The van der Waals surface area contributed by atoms with Crippen LogP contribution in [0, 0.1) is 0 Å². The molecule has 1 aromatic carbocycles. The van der Waals surface area contributed by atoms with Gasteiger partial charge in [0.05, 0.1) is 11.7 Å². The summed E-state index contributed by atoms with van der Waals surface area (Å²) in [5.74, 6) is -0.713. The van der Waals surface area contributed by atoms with Crippen LogP contribution in [-0.2, 0) is 13.6 Å². The van der Waals surface area contributed by atoms with Gasteiger partial charge in [0, 0.05) is 26.0 Å². The highest BCUT2D eigenvalue weighted by Gasteiger charge is 2.09. The van der Waals surface area contributed by atoms with Crippen molar-refractivity contribution in [2.45, 2.75) is 6.54 Å². The number of oxazole rings is 1. The van der Waals surface area contributed by atoms with Crippen LogP contribution in [0.1, 0.15) is 16.1 Å². The largest absolute Gasteiger partial charge is 0.419 e. The summed E-state index contributed by atoms with van der Waals surface area (Å²) in [5, 5.41) is 2.75. The summed E-state index contributed by atoms with van der Waals surface area (Å²) in [7, 11) is 1.64. The smallest absolute Gasteiger partial charge is 0.408 e. The molecule has 0 fully saturated rings. The van der Waals surface area contributed by atoms with Crippen LogP contribution in [0.25, 0.3) is 11.1 Å². The molecule has 0 radical (unpaired) electrons. The summed E-state index contributed by atoms with van der Waals surface area (Å²) < 4.78 is 6.47. The molecule has 0 spiro atoms. The van der Waals surface area contributed by atoms with Crippen LogP contribution in [0.4, 0.5) is 0 Å². The van der Waals surface area contributed by atoms with Gasteiger partial charge in [0.1, 0.15) is 5.69 Å². The number of amides is 1. The number of aromatic nitrogens is 3. The quantitative estimate of drug-likeness (QED) is 0.770. The Morgan fingerprint density at radius 1 is 1.38 bits per heavy atom. The number of benzene rings is 1. The number of hydrogen-bond acceptors (Lipinski definition) is 5. The molecule has 106 valence electrons. The van der Waals surface area contributed by atoms with Gasteiger partial charge in [-0.1, -0.05) is 6.07 Å². The van der Waals surface area contributed by atoms with Crippen molar-refractivity contribution in [1.29, 1.82) is 0 Å². The molecule has 2 heterocycles. The minimum atomic E-state index is -0.411. The van der Waals surface area contributed by atoms with E-state index >= 15 is 0 Å². The number of hydrogen-bond donors (Lipinski definition) is 1. The summed E-state index contributed by atoms with van der Waals surface area (Å²) in [4.78, 5) is 31.0. The maximum atomic E-state index is 11.9. The van der Waals surface area contributed by atoms with E-state index in [9.17, 15) is 9.59 Å². The number of rotatable bonds is 3. The summed E-state index contributed by atoms with van der Waals surface area (Å²) in [6, 6.07) is 5.31. The van der Waals surface area contributed by atoms with Crippen LogP contribution >= 0.6 is 0 Å². The van der Waals surface area contributed by atoms with Crippen LogP contribution in [0.2, 0.25) is 0 Å². The Balaban J connectivity index is 1.78. The predicted molar refractivity (Wildman–Crippen MR) is 74.7 cm³/mol. The number of fused-ring (bicyclic) bond motifs is 1. The molecule has 0 saturated carbocycles. The van der Waals surface area contributed by atoms with Crippen molar-refractivity contribution in [2.75, 3.05) is 0 Å². The van der Waals surface area contributed by atoms with Gasteiger partial charge in [-0.3, -0.25) is 14.3 Å². The molecule has 0 bridgehead atoms. The molecule has 0 aliphatic heterocycles. The van der Waals surface area contributed by atoms with E-state index in [2.05, 4.69) is 15.3 Å². The number of aryl methyl sites for hydroxylation is 1. The minimum absolute atomic E-state index is 0.259. The van der Waals surface area contributed by atoms with E-state index < -0.39 is 5.76 Å². The first kappa shape index (κ1) is 13.0. The number of nitrogens with zero attached hydrogens (tertiary/aromatic N) is 3. The van der Waals surface area contributed by atoms with Gasteiger partial charge in [-0.2, -0.15) is 0 Å². The zero-order valence-electron chi connectivity index (χ0n) is 11.2. The first-order valence-electron chi connectivity index (χ1n) is 6.28. The van der Waals surface area contributed by atoms with E-state index in [0.29, 0.717) is 17.6 Å². The molecule has 0 saturated heterocycles. The average molecular weight is 284 g/mol. The Bertz CT molecular complexity index is 852. The number of carbonyl (C=O) groups is 1. The van der Waals surface area contributed by atoms with Crippen molar-refractivity contribution in [2.24, 2.45) is 7.05 Å². The fraction of sp³-hybridized carbons (Fsp3) is 0.143. The molecular weight excluding hydrogens is 272 g/mol. The Hall–Kier alpha value is -2.96. The van der Waals surface area contributed by atoms with E-state index in [1.807, 2.05) is 0 Å². The monoisotopic (exact) mass is 284 g/mol. The van der Waals surface area contributed by atoms with E-state index in [1.165, 1.54) is 23.2 Å². The number of carbonyl (C=O) groups excluding carboxylic acids is 1. The predicted octanol–water partition coefficient (Wildman–Crippen LogP) is 0.851. The standard InChI is InChI=1S/C14H12N4O3/c1-18-11-6-9(2-3-12(11)21-14(18)20)7-17-13(19)10-8-15-4-5-16-10/h2-6,8H,7H2,1H3,(H,17,19). The van der Waals surface area contributed by atoms with E-state index in [0.717, 1.165) is 5.56 Å². The first-order chi connectivity index (χ1) is 10.1. The van der Waals surface area contributed by atoms with Crippen molar-refractivity contribution in [3.8, 4) is 0 Å². The zero-order chi connectivity index (χ0) is 14.8. The van der Waals surface area contributed by atoms with Gasteiger partial charge in [-0.05, 0) is 17.7 Å². The Morgan fingerprint density at radius 2 is 2.24 bits per heavy atom. The molecular formula is C14H12N4O3. The highest BCUT2D eigenvalue weighted by atomic mass is 16.4. The summed E-state index contributed by atoms with van der Waals surface area (Å²) in [5.41, 5.74) is 2.32. The topological polar surface area (TPSA) is 90.0 Å². The van der Waals surface area contributed by atoms with Crippen molar-refractivity contribution < 1.29 is 9.21 Å². The average Bonchev–Trinajstić information content (AvgIpc) is 2.80. The third-order valence-electron chi connectivity index (χ3n) is 3.10. The highest BCUT2D eigenvalue weighted by Crippen LogP contribution is 2.14. The molecule has 3 aromatic rings. The van der Waals surface area contributed by atoms with Gasteiger partial charge < -0.3 is 9.73 Å². The van der Waals surface area contributed by atoms with Crippen LogP contribution in [0.15, 0.2) is 46.0 Å². The minimum Gasteiger partial charge on any atom is -0.408 e. The SMILES string of the molecule is Cn1c(=O)oc2ccc(CNC(=O)c3cnccn3)cc21. The lowest BCUT2D eigenvalue weighted by atomic mass is 10.2. The lowest BCUT2D eigenvalue weighted by molar-refractivity contribution is 0.0945. The Kier molecular flexibility index (Phi) is 3.23.